The summed E-state index contributed by atoms with van der Waals surface area (Å²) < 4.78 is 0. The van der Waals surface area contributed by atoms with Gasteiger partial charge in [-0.15, -0.1) is 0 Å². The van der Waals surface area contributed by atoms with Gasteiger partial charge >= 0.3 is 0 Å². The monoisotopic (exact) mass is 298 g/mol. The van der Waals surface area contributed by atoms with Gasteiger partial charge in [0.25, 0.3) is 0 Å². The lowest BCUT2D eigenvalue weighted by atomic mass is 9.78. The van der Waals surface area contributed by atoms with Crippen LogP contribution in [0.1, 0.15) is 66.2 Å². The van der Waals surface area contributed by atoms with Crippen LogP contribution in [0, 0.1) is 11.8 Å². The molecular formula is C18H38N2O. The second-order valence-corrected chi connectivity index (χ2v) is 7.84. The van der Waals surface area contributed by atoms with E-state index in [4.69, 9.17) is 0 Å². The molecule has 1 rings (SSSR count). The Hall–Kier alpha value is -0.120. The Morgan fingerprint density at radius 2 is 1.71 bits per heavy atom. The third kappa shape index (κ3) is 6.25. The van der Waals surface area contributed by atoms with Crippen LogP contribution in [0.25, 0.3) is 0 Å². The minimum Gasteiger partial charge on any atom is -0.394 e. The zero-order valence-electron chi connectivity index (χ0n) is 15.0. The Kier molecular flexibility index (Phi) is 8.22. The van der Waals surface area contributed by atoms with Gasteiger partial charge in [0.1, 0.15) is 0 Å². The molecule has 1 saturated carbocycles. The smallest absolute Gasteiger partial charge is 0.0613 e. The topological polar surface area (TPSA) is 35.5 Å². The SMILES string of the molecule is CNC1(CO)CCCC(N(CCC(C)C)CCC(C)C)C1. The third-order valence-electron chi connectivity index (χ3n) is 5.16. The molecule has 0 bridgehead atoms. The predicted octanol–water partition coefficient (Wildman–Crippen LogP) is 3.27. The van der Waals surface area contributed by atoms with E-state index >= 15 is 0 Å². The summed E-state index contributed by atoms with van der Waals surface area (Å²) in [6, 6.07) is 0.635. The van der Waals surface area contributed by atoms with Crippen molar-refractivity contribution in [2.24, 2.45) is 11.8 Å². The molecule has 0 aromatic heterocycles. The van der Waals surface area contributed by atoms with Crippen molar-refractivity contribution >= 4 is 0 Å². The molecule has 0 radical (unpaired) electrons. The maximum Gasteiger partial charge on any atom is 0.0613 e. The second kappa shape index (κ2) is 9.12. The van der Waals surface area contributed by atoms with Crippen LogP contribution < -0.4 is 5.32 Å². The summed E-state index contributed by atoms with van der Waals surface area (Å²) in [4.78, 5) is 2.71. The second-order valence-electron chi connectivity index (χ2n) is 7.84. The third-order valence-corrected chi connectivity index (χ3v) is 5.16. The lowest BCUT2D eigenvalue weighted by Gasteiger charge is -2.44. The molecule has 3 nitrogen and oxygen atoms in total. The molecule has 0 aromatic carbocycles. The van der Waals surface area contributed by atoms with E-state index in [-0.39, 0.29) is 12.1 Å². The molecular weight excluding hydrogens is 260 g/mol. The lowest BCUT2D eigenvalue weighted by Crippen LogP contribution is -2.55. The van der Waals surface area contributed by atoms with Crippen LogP contribution >= 0.6 is 0 Å². The van der Waals surface area contributed by atoms with E-state index < -0.39 is 0 Å². The zero-order chi connectivity index (χ0) is 15.9. The molecule has 2 unspecified atom stereocenters. The molecule has 0 saturated heterocycles. The highest BCUT2D eigenvalue weighted by Gasteiger charge is 2.36. The number of aliphatic hydroxyl groups is 1. The first-order valence-electron chi connectivity index (χ1n) is 8.96. The van der Waals surface area contributed by atoms with E-state index in [1.54, 1.807) is 0 Å². The van der Waals surface area contributed by atoms with Crippen molar-refractivity contribution in [1.29, 1.82) is 0 Å². The lowest BCUT2D eigenvalue weighted by molar-refractivity contribution is 0.0592. The summed E-state index contributed by atoms with van der Waals surface area (Å²) in [6.45, 7) is 11.9. The minimum atomic E-state index is -0.0448. The maximum absolute atomic E-state index is 9.80. The van der Waals surface area contributed by atoms with Crippen LogP contribution in [-0.2, 0) is 0 Å². The Morgan fingerprint density at radius 1 is 1.14 bits per heavy atom. The average molecular weight is 299 g/mol. The number of likely N-dealkylation sites (N-methyl/N-ethyl adjacent to an activating group) is 1. The van der Waals surface area contributed by atoms with Gasteiger partial charge in [0.05, 0.1) is 6.61 Å². The Morgan fingerprint density at radius 3 is 2.14 bits per heavy atom. The molecule has 2 N–H and O–H groups in total. The summed E-state index contributed by atoms with van der Waals surface area (Å²) >= 11 is 0. The van der Waals surface area contributed by atoms with Crippen molar-refractivity contribution in [2.45, 2.75) is 77.8 Å². The molecule has 2 atom stereocenters. The molecule has 1 fully saturated rings. The van der Waals surface area contributed by atoms with Crippen molar-refractivity contribution in [1.82, 2.24) is 10.2 Å². The molecule has 0 amide bonds. The van der Waals surface area contributed by atoms with Gasteiger partial charge in [-0.05, 0) is 70.5 Å². The quantitative estimate of drug-likeness (QED) is 0.686. The predicted molar refractivity (Wildman–Crippen MR) is 91.6 cm³/mol. The van der Waals surface area contributed by atoms with Crippen LogP contribution in [0.4, 0.5) is 0 Å². The Balaban J connectivity index is 2.66. The first kappa shape index (κ1) is 18.9. The summed E-state index contributed by atoms with van der Waals surface area (Å²) in [5.74, 6) is 1.53. The van der Waals surface area contributed by atoms with Crippen molar-refractivity contribution in [3.05, 3.63) is 0 Å². The normalized spacial score (nSPS) is 27.0. The Bertz CT molecular complexity index is 262. The fourth-order valence-electron chi connectivity index (χ4n) is 3.42. The molecule has 0 heterocycles. The van der Waals surface area contributed by atoms with Crippen LogP contribution in [0.15, 0.2) is 0 Å². The first-order valence-corrected chi connectivity index (χ1v) is 8.96. The Labute approximate surface area is 132 Å². The highest BCUT2D eigenvalue weighted by Crippen LogP contribution is 2.31. The van der Waals surface area contributed by atoms with Gasteiger partial charge in [0.2, 0.25) is 0 Å². The van der Waals surface area contributed by atoms with Gasteiger partial charge in [-0.3, -0.25) is 0 Å². The molecule has 1 aliphatic rings. The fraction of sp³-hybridized carbons (Fsp3) is 1.00. The maximum atomic E-state index is 9.80. The molecule has 3 heteroatoms. The number of rotatable bonds is 9. The van der Waals surface area contributed by atoms with Crippen molar-refractivity contribution in [3.63, 3.8) is 0 Å². The molecule has 126 valence electrons. The van der Waals surface area contributed by atoms with Crippen LogP contribution in [0.3, 0.4) is 0 Å². The number of hydrogen-bond donors (Lipinski definition) is 2. The highest BCUT2D eigenvalue weighted by atomic mass is 16.3. The summed E-state index contributed by atoms with van der Waals surface area (Å²) in [7, 11) is 2.01. The fourth-order valence-corrected chi connectivity index (χ4v) is 3.42. The van der Waals surface area contributed by atoms with E-state index in [0.29, 0.717) is 6.04 Å². The number of aliphatic hydroxyl groups excluding tert-OH is 1. The summed E-state index contributed by atoms with van der Waals surface area (Å²) in [5, 5.41) is 13.2. The largest absolute Gasteiger partial charge is 0.394 e. The molecule has 21 heavy (non-hydrogen) atoms. The number of hydrogen-bond acceptors (Lipinski definition) is 3. The van der Waals surface area contributed by atoms with E-state index in [9.17, 15) is 5.11 Å². The molecule has 1 aliphatic carbocycles. The van der Waals surface area contributed by atoms with Crippen molar-refractivity contribution < 1.29 is 5.11 Å². The van der Waals surface area contributed by atoms with Crippen LogP contribution in [-0.4, -0.2) is 48.3 Å². The first-order chi connectivity index (χ1) is 9.92. The standard InChI is InChI=1S/C18H38N2O/c1-15(2)8-11-20(12-9-16(3)4)17-7-6-10-18(13-17,14-21)19-5/h15-17,19,21H,6-14H2,1-5H3. The minimum absolute atomic E-state index is 0.0448. The van der Waals surface area contributed by atoms with Gasteiger partial charge in [0, 0.05) is 11.6 Å². The van der Waals surface area contributed by atoms with Gasteiger partial charge < -0.3 is 15.3 Å². The van der Waals surface area contributed by atoms with Crippen LogP contribution in [0.2, 0.25) is 0 Å². The highest BCUT2D eigenvalue weighted by molar-refractivity contribution is 4.95. The van der Waals surface area contributed by atoms with Crippen molar-refractivity contribution in [3.8, 4) is 0 Å². The summed E-state index contributed by atoms with van der Waals surface area (Å²) in [6.07, 6.45) is 7.28. The van der Waals surface area contributed by atoms with Crippen LogP contribution in [0.5, 0.6) is 0 Å². The van der Waals surface area contributed by atoms with Crippen molar-refractivity contribution in [2.75, 3.05) is 26.7 Å². The van der Waals surface area contributed by atoms with Gasteiger partial charge in [-0.25, -0.2) is 0 Å². The average Bonchev–Trinajstić information content (AvgIpc) is 2.46. The number of nitrogens with zero attached hydrogens (tertiary/aromatic N) is 1. The summed E-state index contributed by atoms with van der Waals surface area (Å²) in [5.41, 5.74) is -0.0448. The van der Waals surface area contributed by atoms with E-state index in [1.165, 1.54) is 38.8 Å². The van der Waals surface area contributed by atoms with E-state index in [1.807, 2.05) is 7.05 Å². The number of nitrogens with one attached hydrogen (secondary N) is 1. The molecule has 0 aliphatic heterocycles. The van der Waals surface area contributed by atoms with Gasteiger partial charge in [-0.1, -0.05) is 27.7 Å². The molecule has 0 aromatic rings. The van der Waals surface area contributed by atoms with E-state index in [2.05, 4.69) is 37.9 Å². The molecule has 0 spiro atoms. The van der Waals surface area contributed by atoms with Gasteiger partial charge in [0.15, 0.2) is 0 Å². The zero-order valence-corrected chi connectivity index (χ0v) is 15.0. The van der Waals surface area contributed by atoms with Gasteiger partial charge in [-0.2, -0.15) is 0 Å². The van der Waals surface area contributed by atoms with E-state index in [0.717, 1.165) is 24.7 Å².